The fourth-order valence-corrected chi connectivity index (χ4v) is 5.82. The number of anilines is 1. The highest BCUT2D eigenvalue weighted by atomic mass is 32.2. The minimum absolute atomic E-state index is 0.0793. The van der Waals surface area contributed by atoms with Crippen molar-refractivity contribution in [1.29, 1.82) is 5.26 Å². The lowest BCUT2D eigenvalue weighted by atomic mass is 9.92. The molecule has 2 aromatic heterocycles. The molecule has 2 aromatic carbocycles. The Hall–Kier alpha value is -3.77. The Morgan fingerprint density at radius 1 is 1.19 bits per heavy atom. The summed E-state index contributed by atoms with van der Waals surface area (Å²) in [5, 5.41) is 11.0. The van der Waals surface area contributed by atoms with E-state index in [0.29, 0.717) is 36.9 Å². The summed E-state index contributed by atoms with van der Waals surface area (Å²) in [5.41, 5.74) is 3.89. The van der Waals surface area contributed by atoms with Crippen LogP contribution in [-0.4, -0.2) is 34.9 Å². The molecular weight excluding hydrogens is 474 g/mol. The normalized spacial score (nSPS) is 13.9. The van der Waals surface area contributed by atoms with Crippen molar-refractivity contribution in [2.75, 3.05) is 17.1 Å². The first-order chi connectivity index (χ1) is 17.5. The smallest absolute Gasteiger partial charge is 0.232 e. The first-order valence-electron chi connectivity index (χ1n) is 12.3. The number of nitriles is 1. The standard InChI is InChI=1S/C27H29N5O3S/c1-2-16-36(33,34)30-21-8-6-20(7-9-21)27-25(18-28)24-11-10-23(35-15-14-31-13-12-29-19-31)17-26(24)32(27)22-4-3-5-22/h6-13,17,19,22,30H,2-5,14-16H2,1H3. The van der Waals surface area contributed by atoms with Gasteiger partial charge < -0.3 is 13.9 Å². The highest BCUT2D eigenvalue weighted by molar-refractivity contribution is 7.92. The number of hydrogen-bond acceptors (Lipinski definition) is 5. The molecule has 2 heterocycles. The van der Waals surface area contributed by atoms with E-state index in [2.05, 4.69) is 20.3 Å². The van der Waals surface area contributed by atoms with E-state index < -0.39 is 10.0 Å². The predicted molar refractivity (Wildman–Crippen MR) is 140 cm³/mol. The van der Waals surface area contributed by atoms with Crippen molar-refractivity contribution in [3.05, 3.63) is 66.7 Å². The van der Waals surface area contributed by atoms with Gasteiger partial charge in [-0.1, -0.05) is 19.1 Å². The van der Waals surface area contributed by atoms with Crippen molar-refractivity contribution in [3.63, 3.8) is 0 Å². The number of nitrogens with one attached hydrogen (secondary N) is 1. The largest absolute Gasteiger partial charge is 0.492 e. The second-order valence-electron chi connectivity index (χ2n) is 9.12. The lowest BCUT2D eigenvalue weighted by molar-refractivity contribution is 0.298. The highest BCUT2D eigenvalue weighted by Crippen LogP contribution is 2.43. The van der Waals surface area contributed by atoms with Crippen molar-refractivity contribution in [2.24, 2.45) is 0 Å². The molecule has 0 atom stereocenters. The second-order valence-corrected chi connectivity index (χ2v) is 11.0. The van der Waals surface area contributed by atoms with Gasteiger partial charge in [-0.15, -0.1) is 0 Å². The summed E-state index contributed by atoms with van der Waals surface area (Å²) < 4.78 is 37.2. The third-order valence-corrected chi connectivity index (χ3v) is 8.10. The molecule has 1 aliphatic rings. The fraction of sp³-hybridized carbons (Fsp3) is 0.333. The summed E-state index contributed by atoms with van der Waals surface area (Å²) >= 11 is 0. The minimum atomic E-state index is -3.37. The van der Waals surface area contributed by atoms with Crippen LogP contribution in [0.4, 0.5) is 5.69 Å². The molecule has 0 unspecified atom stereocenters. The maximum Gasteiger partial charge on any atom is 0.232 e. The number of hydrogen-bond donors (Lipinski definition) is 1. The Kier molecular flexibility index (Phi) is 6.70. The summed E-state index contributed by atoms with van der Waals surface area (Å²) in [5.74, 6) is 0.841. The molecule has 1 saturated carbocycles. The van der Waals surface area contributed by atoms with Crippen LogP contribution < -0.4 is 9.46 Å². The summed E-state index contributed by atoms with van der Waals surface area (Å²) in [6.45, 7) is 3.05. The van der Waals surface area contributed by atoms with Gasteiger partial charge in [-0.25, -0.2) is 13.4 Å². The van der Waals surface area contributed by atoms with Crippen LogP contribution in [0.5, 0.6) is 5.75 Å². The van der Waals surface area contributed by atoms with Gasteiger partial charge in [0.2, 0.25) is 10.0 Å². The van der Waals surface area contributed by atoms with Gasteiger partial charge in [0.05, 0.1) is 35.4 Å². The van der Waals surface area contributed by atoms with Gasteiger partial charge in [0.25, 0.3) is 0 Å². The molecule has 0 aliphatic heterocycles. The average molecular weight is 504 g/mol. The van der Waals surface area contributed by atoms with Crippen molar-refractivity contribution in [1.82, 2.24) is 14.1 Å². The molecule has 1 aliphatic carbocycles. The molecule has 9 heteroatoms. The lowest BCUT2D eigenvalue weighted by Gasteiger charge is -2.30. The molecule has 4 aromatic rings. The zero-order valence-electron chi connectivity index (χ0n) is 20.2. The Bertz CT molecular complexity index is 1500. The molecule has 186 valence electrons. The molecule has 8 nitrogen and oxygen atoms in total. The Morgan fingerprint density at radius 3 is 2.64 bits per heavy atom. The zero-order valence-corrected chi connectivity index (χ0v) is 21.0. The number of sulfonamides is 1. The van der Waals surface area contributed by atoms with E-state index in [1.807, 2.05) is 48.0 Å². The quantitative estimate of drug-likeness (QED) is 0.315. The topological polar surface area (TPSA) is 102 Å². The van der Waals surface area contributed by atoms with Gasteiger partial charge in [-0.2, -0.15) is 5.26 Å². The second kappa shape index (κ2) is 10.1. The van der Waals surface area contributed by atoms with Crippen LogP contribution in [0.3, 0.4) is 0 Å². The van der Waals surface area contributed by atoms with E-state index in [1.165, 1.54) is 0 Å². The third kappa shape index (κ3) is 4.82. The number of ether oxygens (including phenoxy) is 1. The van der Waals surface area contributed by atoms with E-state index in [4.69, 9.17) is 4.74 Å². The molecule has 0 bridgehead atoms. The van der Waals surface area contributed by atoms with Crippen molar-refractivity contribution < 1.29 is 13.2 Å². The third-order valence-electron chi connectivity index (χ3n) is 6.61. The molecule has 36 heavy (non-hydrogen) atoms. The molecule has 0 spiro atoms. The van der Waals surface area contributed by atoms with Crippen LogP contribution in [0.1, 0.15) is 44.2 Å². The van der Waals surface area contributed by atoms with E-state index in [1.54, 1.807) is 24.7 Å². The number of benzene rings is 2. The summed E-state index contributed by atoms with van der Waals surface area (Å²) in [6.07, 6.45) is 9.24. The molecule has 1 N–H and O–H groups in total. The number of rotatable bonds is 10. The van der Waals surface area contributed by atoms with Crippen LogP contribution in [0, 0.1) is 11.3 Å². The Morgan fingerprint density at radius 2 is 2.00 bits per heavy atom. The van der Waals surface area contributed by atoms with E-state index in [-0.39, 0.29) is 5.75 Å². The van der Waals surface area contributed by atoms with Gasteiger partial charge in [0.15, 0.2) is 0 Å². The van der Waals surface area contributed by atoms with E-state index >= 15 is 0 Å². The monoisotopic (exact) mass is 503 g/mol. The van der Waals surface area contributed by atoms with Crippen LogP contribution in [0.15, 0.2) is 61.2 Å². The Labute approximate surface area is 211 Å². The zero-order chi connectivity index (χ0) is 25.1. The molecular formula is C27H29N5O3S. The van der Waals surface area contributed by atoms with Gasteiger partial charge in [-0.05, 0) is 55.5 Å². The van der Waals surface area contributed by atoms with Crippen LogP contribution in [0.2, 0.25) is 0 Å². The van der Waals surface area contributed by atoms with E-state index in [0.717, 1.165) is 47.2 Å². The number of imidazole rings is 1. The van der Waals surface area contributed by atoms with Crippen LogP contribution in [0.25, 0.3) is 22.2 Å². The first-order valence-corrected chi connectivity index (χ1v) is 13.9. The van der Waals surface area contributed by atoms with Crippen LogP contribution >= 0.6 is 0 Å². The summed E-state index contributed by atoms with van der Waals surface area (Å²) in [4.78, 5) is 4.06. The maximum atomic E-state index is 12.2. The number of fused-ring (bicyclic) bond motifs is 1. The average Bonchev–Trinajstić information content (AvgIpc) is 3.44. The van der Waals surface area contributed by atoms with Gasteiger partial charge in [-0.3, -0.25) is 4.72 Å². The number of nitrogens with zero attached hydrogens (tertiary/aromatic N) is 4. The molecule has 1 fully saturated rings. The fourth-order valence-electron chi connectivity index (χ4n) is 4.68. The van der Waals surface area contributed by atoms with Gasteiger partial charge in [0, 0.05) is 35.6 Å². The summed E-state index contributed by atoms with van der Waals surface area (Å²) in [7, 11) is -3.37. The minimum Gasteiger partial charge on any atom is -0.492 e. The van der Waals surface area contributed by atoms with Crippen molar-refractivity contribution in [3.8, 4) is 23.1 Å². The predicted octanol–water partition coefficient (Wildman–Crippen LogP) is 5.33. The van der Waals surface area contributed by atoms with Gasteiger partial charge >= 0.3 is 0 Å². The SMILES string of the molecule is CCCS(=O)(=O)Nc1ccc(-c2c(C#N)c3ccc(OCCn4ccnc4)cc3n2C2CCC2)cc1. The Balaban J connectivity index is 1.50. The van der Waals surface area contributed by atoms with Crippen molar-refractivity contribution in [2.45, 2.75) is 45.2 Å². The highest BCUT2D eigenvalue weighted by Gasteiger charge is 2.28. The molecule has 0 radical (unpaired) electrons. The molecule has 5 rings (SSSR count). The number of aromatic nitrogens is 3. The first kappa shape index (κ1) is 23.9. The maximum absolute atomic E-state index is 12.2. The van der Waals surface area contributed by atoms with Gasteiger partial charge in [0.1, 0.15) is 18.4 Å². The van der Waals surface area contributed by atoms with Crippen molar-refractivity contribution >= 4 is 26.6 Å². The molecule has 0 saturated heterocycles. The molecule has 0 amide bonds. The van der Waals surface area contributed by atoms with Crippen LogP contribution in [-0.2, 0) is 16.6 Å². The summed E-state index contributed by atoms with van der Waals surface area (Å²) in [6, 6.07) is 15.9. The van der Waals surface area contributed by atoms with E-state index in [9.17, 15) is 13.7 Å². The lowest BCUT2D eigenvalue weighted by Crippen LogP contribution is -2.18.